The summed E-state index contributed by atoms with van der Waals surface area (Å²) in [6.07, 6.45) is 4.24. The fourth-order valence-electron chi connectivity index (χ4n) is 3.87. The van der Waals surface area contributed by atoms with Gasteiger partial charge in [-0.3, -0.25) is 0 Å². The zero-order valence-corrected chi connectivity index (χ0v) is 16.7. The number of aromatic nitrogens is 2. The molecule has 0 amide bonds. The summed E-state index contributed by atoms with van der Waals surface area (Å²) in [6.45, 7) is 0. The van der Waals surface area contributed by atoms with E-state index in [2.05, 4.69) is 92.9 Å². The Labute approximate surface area is 170 Å². The van der Waals surface area contributed by atoms with E-state index < -0.39 is 0 Å². The molecule has 2 heterocycles. The summed E-state index contributed by atoms with van der Waals surface area (Å²) in [5.41, 5.74) is 5.97. The molecule has 132 valence electrons. The third kappa shape index (κ3) is 2.88. The van der Waals surface area contributed by atoms with Gasteiger partial charge in [0.25, 0.3) is 0 Å². The maximum Gasteiger partial charge on any atom is 0.0472 e. The molecule has 5 aromatic rings. The Bertz CT molecular complexity index is 1250. The first-order chi connectivity index (χ1) is 13.2. The zero-order chi connectivity index (χ0) is 18.4. The largest absolute Gasteiger partial charge is 0.361 e. The second-order valence-electron chi connectivity index (χ2n) is 6.71. The highest BCUT2D eigenvalue weighted by Gasteiger charge is 2.23. The van der Waals surface area contributed by atoms with Crippen molar-refractivity contribution in [1.82, 2.24) is 9.97 Å². The number of H-pyrrole nitrogens is 2. The van der Waals surface area contributed by atoms with Crippen molar-refractivity contribution in [2.45, 2.75) is 5.92 Å². The Kier molecular flexibility index (Phi) is 4.07. The van der Waals surface area contributed by atoms with Gasteiger partial charge in [-0.05, 0) is 47.0 Å². The van der Waals surface area contributed by atoms with E-state index in [1.807, 2.05) is 12.1 Å². The minimum Gasteiger partial charge on any atom is -0.361 e. The Hall–Kier alpha value is -2.49. The number of para-hydroxylation sites is 1. The molecule has 0 aliphatic rings. The van der Waals surface area contributed by atoms with Crippen LogP contribution in [-0.4, -0.2) is 9.97 Å². The van der Waals surface area contributed by atoms with Gasteiger partial charge in [0, 0.05) is 49.6 Å². The third-order valence-corrected chi connectivity index (χ3v) is 5.89. The summed E-state index contributed by atoms with van der Waals surface area (Å²) in [7, 11) is 0. The lowest BCUT2D eigenvalue weighted by Crippen LogP contribution is -2.02. The van der Waals surface area contributed by atoms with Gasteiger partial charge in [0.05, 0.1) is 0 Å². The van der Waals surface area contributed by atoms with E-state index in [0.29, 0.717) is 0 Å². The van der Waals surface area contributed by atoms with E-state index in [1.54, 1.807) is 0 Å². The van der Waals surface area contributed by atoms with Crippen LogP contribution < -0.4 is 0 Å². The molecule has 2 N–H and O–H groups in total. The number of hydrogen-bond acceptors (Lipinski definition) is 0. The van der Waals surface area contributed by atoms with E-state index in [0.717, 1.165) is 20.5 Å². The SMILES string of the molecule is Clc1ccc2c(C(c3ccc(Br)cc3)c3c[nH]c4ccccc34)c[nH]c2c1. The van der Waals surface area contributed by atoms with E-state index in [9.17, 15) is 0 Å². The Morgan fingerprint density at radius 3 is 2.19 bits per heavy atom. The summed E-state index contributed by atoms with van der Waals surface area (Å²) in [6, 6.07) is 23.1. The lowest BCUT2D eigenvalue weighted by molar-refractivity contribution is 0.997. The molecule has 0 bridgehead atoms. The van der Waals surface area contributed by atoms with Gasteiger partial charge in [-0.15, -0.1) is 0 Å². The summed E-state index contributed by atoms with van der Waals surface area (Å²) >= 11 is 9.74. The number of halogens is 2. The van der Waals surface area contributed by atoms with Gasteiger partial charge in [0.15, 0.2) is 0 Å². The van der Waals surface area contributed by atoms with Crippen molar-refractivity contribution in [1.29, 1.82) is 0 Å². The molecule has 1 atom stereocenters. The highest BCUT2D eigenvalue weighted by atomic mass is 79.9. The van der Waals surface area contributed by atoms with Crippen LogP contribution in [0.2, 0.25) is 5.02 Å². The maximum atomic E-state index is 6.19. The first-order valence-electron chi connectivity index (χ1n) is 8.79. The molecule has 0 saturated carbocycles. The average Bonchev–Trinajstić information content (AvgIpc) is 3.28. The highest BCUT2D eigenvalue weighted by Crippen LogP contribution is 2.40. The minimum absolute atomic E-state index is 0.115. The normalized spacial score (nSPS) is 12.7. The van der Waals surface area contributed by atoms with Gasteiger partial charge < -0.3 is 9.97 Å². The van der Waals surface area contributed by atoms with Crippen molar-refractivity contribution in [3.8, 4) is 0 Å². The van der Waals surface area contributed by atoms with Crippen LogP contribution >= 0.6 is 27.5 Å². The number of benzene rings is 3. The fraction of sp³-hybridized carbons (Fsp3) is 0.0435. The van der Waals surface area contributed by atoms with Gasteiger partial charge in [-0.2, -0.15) is 0 Å². The summed E-state index contributed by atoms with van der Waals surface area (Å²) < 4.78 is 1.08. The first-order valence-corrected chi connectivity index (χ1v) is 9.96. The van der Waals surface area contributed by atoms with Crippen molar-refractivity contribution in [2.75, 3.05) is 0 Å². The van der Waals surface area contributed by atoms with Crippen molar-refractivity contribution in [2.24, 2.45) is 0 Å². The Morgan fingerprint density at radius 1 is 0.741 bits per heavy atom. The van der Waals surface area contributed by atoms with Crippen molar-refractivity contribution in [3.63, 3.8) is 0 Å². The molecule has 2 nitrogen and oxygen atoms in total. The van der Waals surface area contributed by atoms with E-state index in [1.165, 1.54) is 27.5 Å². The summed E-state index contributed by atoms with van der Waals surface area (Å²) in [4.78, 5) is 6.83. The Morgan fingerprint density at radius 2 is 1.41 bits per heavy atom. The van der Waals surface area contributed by atoms with E-state index in [4.69, 9.17) is 11.6 Å². The second-order valence-corrected chi connectivity index (χ2v) is 8.06. The van der Waals surface area contributed by atoms with Crippen LogP contribution in [0.1, 0.15) is 22.6 Å². The number of fused-ring (bicyclic) bond motifs is 2. The molecule has 5 rings (SSSR count). The first kappa shape index (κ1) is 16.7. The van der Waals surface area contributed by atoms with E-state index >= 15 is 0 Å². The molecular weight excluding hydrogens is 420 g/mol. The number of hydrogen-bond donors (Lipinski definition) is 2. The standard InChI is InChI=1S/C23H16BrClN2/c24-15-7-5-14(6-8-15)23(19-12-26-21-4-2-1-3-17(19)21)20-13-27-22-11-16(25)9-10-18(20)22/h1-13,23,26-27H. The lowest BCUT2D eigenvalue weighted by atomic mass is 9.85. The van der Waals surface area contributed by atoms with Crippen molar-refractivity contribution < 1.29 is 0 Å². The van der Waals surface area contributed by atoms with Gasteiger partial charge in [-0.25, -0.2) is 0 Å². The summed E-state index contributed by atoms with van der Waals surface area (Å²) in [5.74, 6) is 0.115. The van der Waals surface area contributed by atoms with Crippen molar-refractivity contribution in [3.05, 3.63) is 105 Å². The highest BCUT2D eigenvalue weighted by molar-refractivity contribution is 9.10. The van der Waals surface area contributed by atoms with Crippen molar-refractivity contribution >= 4 is 49.3 Å². The van der Waals surface area contributed by atoms with Crippen LogP contribution in [0.25, 0.3) is 21.8 Å². The molecule has 0 fully saturated rings. The quantitative estimate of drug-likeness (QED) is 0.299. The topological polar surface area (TPSA) is 31.6 Å². The molecule has 0 aliphatic carbocycles. The second kappa shape index (κ2) is 6.59. The molecule has 27 heavy (non-hydrogen) atoms. The number of aromatic amines is 2. The molecule has 4 heteroatoms. The third-order valence-electron chi connectivity index (χ3n) is 5.12. The minimum atomic E-state index is 0.115. The van der Waals surface area contributed by atoms with Crippen LogP contribution in [0, 0.1) is 0 Å². The fourth-order valence-corrected chi connectivity index (χ4v) is 4.31. The average molecular weight is 436 g/mol. The molecule has 0 spiro atoms. The molecule has 0 radical (unpaired) electrons. The molecule has 3 aromatic carbocycles. The molecule has 1 unspecified atom stereocenters. The molecule has 0 aliphatic heterocycles. The van der Waals surface area contributed by atoms with Crippen LogP contribution in [0.15, 0.2) is 83.6 Å². The Balaban J connectivity index is 1.79. The van der Waals surface area contributed by atoms with Crippen LogP contribution in [0.5, 0.6) is 0 Å². The molecular formula is C23H16BrClN2. The van der Waals surface area contributed by atoms with Gasteiger partial charge in [0.1, 0.15) is 0 Å². The maximum absolute atomic E-state index is 6.19. The van der Waals surface area contributed by atoms with E-state index in [-0.39, 0.29) is 5.92 Å². The monoisotopic (exact) mass is 434 g/mol. The van der Waals surface area contributed by atoms with Crippen LogP contribution in [0.3, 0.4) is 0 Å². The van der Waals surface area contributed by atoms with Gasteiger partial charge in [-0.1, -0.05) is 63.9 Å². The predicted molar refractivity (Wildman–Crippen MR) is 117 cm³/mol. The zero-order valence-electron chi connectivity index (χ0n) is 14.3. The smallest absolute Gasteiger partial charge is 0.0472 e. The lowest BCUT2D eigenvalue weighted by Gasteiger charge is -2.17. The van der Waals surface area contributed by atoms with Gasteiger partial charge in [0.2, 0.25) is 0 Å². The number of rotatable bonds is 3. The molecule has 0 saturated heterocycles. The number of nitrogens with one attached hydrogen (secondary N) is 2. The molecule has 2 aromatic heterocycles. The van der Waals surface area contributed by atoms with Crippen LogP contribution in [-0.2, 0) is 0 Å². The van der Waals surface area contributed by atoms with Crippen LogP contribution in [0.4, 0.5) is 0 Å². The van der Waals surface area contributed by atoms with Gasteiger partial charge >= 0.3 is 0 Å². The predicted octanol–water partition coefficient (Wildman–Crippen LogP) is 7.25. The summed E-state index contributed by atoms with van der Waals surface area (Å²) in [5, 5.41) is 3.18.